The molecule has 2 aromatic carbocycles. The van der Waals surface area contributed by atoms with Crippen molar-refractivity contribution < 1.29 is 4.79 Å². The van der Waals surface area contributed by atoms with Gasteiger partial charge in [-0.05, 0) is 31.5 Å². The maximum absolute atomic E-state index is 11.8. The molecule has 124 valence electrons. The molecule has 0 aliphatic carbocycles. The fourth-order valence-electron chi connectivity index (χ4n) is 2.88. The molecule has 0 radical (unpaired) electrons. The van der Waals surface area contributed by atoms with Gasteiger partial charge in [-0.25, -0.2) is 4.98 Å². The second kappa shape index (κ2) is 6.87. The average Bonchev–Trinajstić information content (AvgIpc) is 2.95. The molecule has 1 heterocycles. The van der Waals surface area contributed by atoms with Crippen LogP contribution in [0.5, 0.6) is 0 Å². The molecule has 0 bridgehead atoms. The Morgan fingerprint density at radius 3 is 2.58 bits per heavy atom. The SMILES string of the molecule is CCC(=O)N[C@H](C)c1nc2ccccc2n1Cc1ccc(C)cc1. The van der Waals surface area contributed by atoms with Gasteiger partial charge in [-0.1, -0.05) is 48.9 Å². The van der Waals surface area contributed by atoms with Gasteiger partial charge in [0.15, 0.2) is 0 Å². The zero-order chi connectivity index (χ0) is 17.1. The molecule has 0 saturated heterocycles. The van der Waals surface area contributed by atoms with Crippen molar-refractivity contribution in [3.63, 3.8) is 0 Å². The minimum Gasteiger partial charge on any atom is -0.346 e. The van der Waals surface area contributed by atoms with E-state index in [0.29, 0.717) is 6.42 Å². The summed E-state index contributed by atoms with van der Waals surface area (Å²) >= 11 is 0. The number of amides is 1. The van der Waals surface area contributed by atoms with Gasteiger partial charge in [0.1, 0.15) is 5.82 Å². The Kier molecular flexibility index (Phi) is 4.65. The minimum absolute atomic E-state index is 0.0384. The number of hydrogen-bond donors (Lipinski definition) is 1. The quantitative estimate of drug-likeness (QED) is 0.772. The third kappa shape index (κ3) is 3.32. The second-order valence-electron chi connectivity index (χ2n) is 6.17. The van der Waals surface area contributed by atoms with Gasteiger partial charge in [0.2, 0.25) is 5.91 Å². The summed E-state index contributed by atoms with van der Waals surface area (Å²) in [6.45, 7) is 6.67. The van der Waals surface area contributed by atoms with Gasteiger partial charge < -0.3 is 9.88 Å². The molecule has 0 spiro atoms. The molecule has 0 fully saturated rings. The lowest BCUT2D eigenvalue weighted by molar-refractivity contribution is -0.121. The van der Waals surface area contributed by atoms with Crippen LogP contribution in [0.1, 0.15) is 43.3 Å². The van der Waals surface area contributed by atoms with E-state index in [1.165, 1.54) is 11.1 Å². The van der Waals surface area contributed by atoms with Crippen LogP contribution in [0.25, 0.3) is 11.0 Å². The first-order valence-electron chi connectivity index (χ1n) is 8.38. The summed E-state index contributed by atoms with van der Waals surface area (Å²) in [5.74, 6) is 0.926. The van der Waals surface area contributed by atoms with Crippen LogP contribution in [0.15, 0.2) is 48.5 Å². The van der Waals surface area contributed by atoms with Gasteiger partial charge in [-0.15, -0.1) is 0 Å². The number of fused-ring (bicyclic) bond motifs is 1. The summed E-state index contributed by atoms with van der Waals surface area (Å²) in [4.78, 5) is 16.5. The van der Waals surface area contributed by atoms with Gasteiger partial charge in [-0.3, -0.25) is 4.79 Å². The molecule has 1 aromatic heterocycles. The van der Waals surface area contributed by atoms with Crippen LogP contribution in [0.3, 0.4) is 0 Å². The van der Waals surface area contributed by atoms with Gasteiger partial charge in [0.05, 0.1) is 17.1 Å². The van der Waals surface area contributed by atoms with E-state index >= 15 is 0 Å². The Bertz CT molecular complexity index is 849. The number of carbonyl (C=O) groups is 1. The van der Waals surface area contributed by atoms with Crippen molar-refractivity contribution in [3.05, 3.63) is 65.5 Å². The summed E-state index contributed by atoms with van der Waals surface area (Å²) in [5.41, 5.74) is 4.51. The van der Waals surface area contributed by atoms with Crippen molar-refractivity contribution in [3.8, 4) is 0 Å². The predicted octanol–water partition coefficient (Wildman–Crippen LogP) is 3.98. The number of para-hydroxylation sites is 2. The van der Waals surface area contributed by atoms with E-state index in [9.17, 15) is 4.79 Å². The van der Waals surface area contributed by atoms with Crippen molar-refractivity contribution in [2.24, 2.45) is 0 Å². The number of carbonyl (C=O) groups excluding carboxylic acids is 1. The lowest BCUT2D eigenvalue weighted by atomic mass is 10.1. The van der Waals surface area contributed by atoms with Gasteiger partial charge in [0.25, 0.3) is 0 Å². The molecule has 24 heavy (non-hydrogen) atoms. The Morgan fingerprint density at radius 2 is 1.88 bits per heavy atom. The molecule has 1 atom stereocenters. The van der Waals surface area contributed by atoms with Crippen LogP contribution in [-0.2, 0) is 11.3 Å². The standard InChI is InChI=1S/C20H23N3O/c1-4-19(24)21-15(3)20-22-17-7-5-6-8-18(17)23(20)13-16-11-9-14(2)10-12-16/h5-12,15H,4,13H2,1-3H3,(H,21,24)/t15-/m1/s1. The number of hydrogen-bond acceptors (Lipinski definition) is 2. The molecule has 3 aromatic rings. The van der Waals surface area contributed by atoms with E-state index in [1.54, 1.807) is 0 Å². The molecule has 3 rings (SSSR count). The molecule has 4 heteroatoms. The number of nitrogens with one attached hydrogen (secondary N) is 1. The first kappa shape index (κ1) is 16.2. The van der Waals surface area contributed by atoms with E-state index in [-0.39, 0.29) is 11.9 Å². The van der Waals surface area contributed by atoms with Crippen LogP contribution in [0.4, 0.5) is 0 Å². The summed E-state index contributed by atoms with van der Waals surface area (Å²) in [6.07, 6.45) is 0.475. The van der Waals surface area contributed by atoms with Crippen LogP contribution < -0.4 is 5.32 Å². The smallest absolute Gasteiger partial charge is 0.220 e. The molecule has 4 nitrogen and oxygen atoms in total. The van der Waals surface area contributed by atoms with Gasteiger partial charge >= 0.3 is 0 Å². The highest BCUT2D eigenvalue weighted by molar-refractivity contribution is 5.78. The van der Waals surface area contributed by atoms with Crippen molar-refractivity contribution >= 4 is 16.9 Å². The Morgan fingerprint density at radius 1 is 1.17 bits per heavy atom. The van der Waals surface area contributed by atoms with Crippen molar-refractivity contribution in [1.29, 1.82) is 0 Å². The normalized spacial score (nSPS) is 12.3. The number of rotatable bonds is 5. The fourth-order valence-corrected chi connectivity index (χ4v) is 2.88. The topological polar surface area (TPSA) is 46.9 Å². The molecule has 0 aliphatic heterocycles. The third-order valence-corrected chi connectivity index (χ3v) is 4.23. The van der Waals surface area contributed by atoms with E-state index < -0.39 is 0 Å². The molecule has 0 saturated carbocycles. The van der Waals surface area contributed by atoms with Crippen LogP contribution in [0.2, 0.25) is 0 Å². The van der Waals surface area contributed by atoms with E-state index in [4.69, 9.17) is 4.98 Å². The Balaban J connectivity index is 2.01. The highest BCUT2D eigenvalue weighted by Crippen LogP contribution is 2.22. The molecule has 1 amide bonds. The average molecular weight is 321 g/mol. The molecule has 1 N–H and O–H groups in total. The second-order valence-corrected chi connectivity index (χ2v) is 6.17. The summed E-state index contributed by atoms with van der Waals surface area (Å²) in [7, 11) is 0. The number of nitrogens with zero attached hydrogens (tertiary/aromatic N) is 2. The number of aromatic nitrogens is 2. The number of benzene rings is 2. The van der Waals surface area contributed by atoms with Crippen molar-refractivity contribution in [1.82, 2.24) is 14.9 Å². The predicted molar refractivity (Wildman–Crippen MR) is 96.9 cm³/mol. The zero-order valence-corrected chi connectivity index (χ0v) is 14.4. The lowest BCUT2D eigenvalue weighted by Crippen LogP contribution is -2.28. The fraction of sp³-hybridized carbons (Fsp3) is 0.300. The van der Waals surface area contributed by atoms with Crippen molar-refractivity contribution in [2.45, 2.75) is 39.8 Å². The van der Waals surface area contributed by atoms with Crippen LogP contribution in [0, 0.1) is 6.92 Å². The largest absolute Gasteiger partial charge is 0.346 e. The van der Waals surface area contributed by atoms with E-state index in [0.717, 1.165) is 23.4 Å². The van der Waals surface area contributed by atoms with Gasteiger partial charge in [-0.2, -0.15) is 0 Å². The van der Waals surface area contributed by atoms with E-state index in [2.05, 4.69) is 47.1 Å². The van der Waals surface area contributed by atoms with E-state index in [1.807, 2.05) is 32.0 Å². The highest BCUT2D eigenvalue weighted by Gasteiger charge is 2.18. The van der Waals surface area contributed by atoms with Gasteiger partial charge in [0, 0.05) is 13.0 Å². The molecular weight excluding hydrogens is 298 g/mol. The maximum atomic E-state index is 11.8. The first-order chi connectivity index (χ1) is 11.6. The van der Waals surface area contributed by atoms with Crippen LogP contribution >= 0.6 is 0 Å². The van der Waals surface area contributed by atoms with Crippen molar-refractivity contribution in [2.75, 3.05) is 0 Å². The number of imidazole rings is 1. The first-order valence-corrected chi connectivity index (χ1v) is 8.38. The lowest BCUT2D eigenvalue weighted by Gasteiger charge is -2.16. The van der Waals surface area contributed by atoms with Crippen LogP contribution in [-0.4, -0.2) is 15.5 Å². The summed E-state index contributed by atoms with van der Waals surface area (Å²) < 4.78 is 2.20. The Hall–Kier alpha value is -2.62. The third-order valence-electron chi connectivity index (χ3n) is 4.23. The molecular formula is C20H23N3O. The minimum atomic E-state index is -0.129. The molecule has 0 aliphatic rings. The Labute approximate surface area is 142 Å². The molecule has 0 unspecified atom stereocenters. The summed E-state index contributed by atoms with van der Waals surface area (Å²) in [5, 5.41) is 3.02. The summed E-state index contributed by atoms with van der Waals surface area (Å²) in [6, 6.07) is 16.5. The maximum Gasteiger partial charge on any atom is 0.220 e. The number of aryl methyl sites for hydroxylation is 1. The highest BCUT2D eigenvalue weighted by atomic mass is 16.1. The monoisotopic (exact) mass is 321 g/mol. The zero-order valence-electron chi connectivity index (χ0n) is 14.4.